The van der Waals surface area contributed by atoms with Crippen LogP contribution in [0.1, 0.15) is 6.92 Å². The molecule has 1 aromatic carbocycles. The lowest BCUT2D eigenvalue weighted by atomic mass is 10.2. The zero-order valence-electron chi connectivity index (χ0n) is 9.94. The Morgan fingerprint density at radius 3 is 2.67 bits per heavy atom. The maximum Gasteiger partial charge on any atom is 0.324 e. The standard InChI is InChI=1S/C12H14IN3O2/c1-8(11(17)16-7-6-14-12(16)18)15-10-4-2-9(13)3-5-10/h2-5,8,15H,6-7H2,1H3,(H,14,18)/t8-/m0/s1. The quantitative estimate of drug-likeness (QED) is 0.807. The molecule has 1 saturated heterocycles. The van der Waals surface area contributed by atoms with Crippen LogP contribution in [0, 0.1) is 3.57 Å². The van der Waals surface area contributed by atoms with Gasteiger partial charge in [0.2, 0.25) is 0 Å². The van der Waals surface area contributed by atoms with E-state index in [0.717, 1.165) is 9.26 Å². The molecule has 1 heterocycles. The van der Waals surface area contributed by atoms with Crippen molar-refractivity contribution in [3.63, 3.8) is 0 Å². The summed E-state index contributed by atoms with van der Waals surface area (Å²) in [5.41, 5.74) is 0.871. The molecule has 0 aromatic heterocycles. The van der Waals surface area contributed by atoms with Gasteiger partial charge < -0.3 is 10.6 Å². The van der Waals surface area contributed by atoms with Crippen molar-refractivity contribution in [1.29, 1.82) is 0 Å². The third kappa shape index (κ3) is 2.92. The number of carbonyl (C=O) groups is 2. The Balaban J connectivity index is 1.99. The van der Waals surface area contributed by atoms with E-state index < -0.39 is 6.04 Å². The fourth-order valence-corrected chi connectivity index (χ4v) is 2.13. The van der Waals surface area contributed by atoms with Gasteiger partial charge in [-0.05, 0) is 53.8 Å². The highest BCUT2D eigenvalue weighted by atomic mass is 127. The van der Waals surface area contributed by atoms with E-state index >= 15 is 0 Å². The number of halogens is 1. The summed E-state index contributed by atoms with van der Waals surface area (Å²) in [5, 5.41) is 5.71. The molecule has 1 aromatic rings. The molecule has 3 amide bonds. The van der Waals surface area contributed by atoms with E-state index in [-0.39, 0.29) is 11.9 Å². The van der Waals surface area contributed by atoms with Crippen LogP contribution in [0.3, 0.4) is 0 Å². The molecule has 0 spiro atoms. The maximum absolute atomic E-state index is 12.0. The van der Waals surface area contributed by atoms with Crippen molar-refractivity contribution in [2.75, 3.05) is 18.4 Å². The van der Waals surface area contributed by atoms with Gasteiger partial charge in [0.25, 0.3) is 5.91 Å². The summed E-state index contributed by atoms with van der Waals surface area (Å²) in [6.07, 6.45) is 0. The number of rotatable bonds is 3. The number of hydrogen-bond acceptors (Lipinski definition) is 3. The van der Waals surface area contributed by atoms with Gasteiger partial charge in [0.15, 0.2) is 0 Å². The molecule has 18 heavy (non-hydrogen) atoms. The number of benzene rings is 1. The van der Waals surface area contributed by atoms with Crippen molar-refractivity contribution in [3.8, 4) is 0 Å². The molecule has 0 radical (unpaired) electrons. The van der Waals surface area contributed by atoms with Crippen molar-refractivity contribution in [2.45, 2.75) is 13.0 Å². The molecule has 1 aliphatic heterocycles. The van der Waals surface area contributed by atoms with Gasteiger partial charge in [0.1, 0.15) is 6.04 Å². The van der Waals surface area contributed by atoms with Crippen LogP contribution < -0.4 is 10.6 Å². The van der Waals surface area contributed by atoms with Gasteiger partial charge in [0.05, 0.1) is 0 Å². The molecule has 0 unspecified atom stereocenters. The minimum absolute atomic E-state index is 0.205. The Kier molecular flexibility index (Phi) is 4.05. The van der Waals surface area contributed by atoms with E-state index in [1.165, 1.54) is 4.90 Å². The lowest BCUT2D eigenvalue weighted by molar-refractivity contribution is -0.128. The monoisotopic (exact) mass is 359 g/mol. The molecule has 1 atom stereocenters. The van der Waals surface area contributed by atoms with E-state index in [0.29, 0.717) is 13.1 Å². The number of carbonyl (C=O) groups excluding carboxylic acids is 2. The molecule has 0 bridgehead atoms. The van der Waals surface area contributed by atoms with Crippen LogP contribution in [-0.4, -0.2) is 36.0 Å². The summed E-state index contributed by atoms with van der Waals surface area (Å²) in [6, 6.07) is 7.02. The molecule has 6 heteroatoms. The van der Waals surface area contributed by atoms with Crippen LogP contribution in [0.4, 0.5) is 10.5 Å². The van der Waals surface area contributed by atoms with Gasteiger partial charge in [-0.15, -0.1) is 0 Å². The predicted molar refractivity (Wildman–Crippen MR) is 77.4 cm³/mol. The smallest absolute Gasteiger partial charge is 0.324 e. The lowest BCUT2D eigenvalue weighted by Crippen LogP contribution is -2.43. The average Bonchev–Trinajstić information content (AvgIpc) is 2.77. The minimum Gasteiger partial charge on any atom is -0.374 e. The number of amides is 3. The van der Waals surface area contributed by atoms with Crippen molar-refractivity contribution in [1.82, 2.24) is 10.2 Å². The summed E-state index contributed by atoms with van der Waals surface area (Å²) >= 11 is 2.22. The van der Waals surface area contributed by atoms with Gasteiger partial charge >= 0.3 is 6.03 Å². The number of urea groups is 1. The van der Waals surface area contributed by atoms with Crippen LogP contribution >= 0.6 is 22.6 Å². The Labute approximate surface area is 119 Å². The van der Waals surface area contributed by atoms with E-state index in [2.05, 4.69) is 33.2 Å². The summed E-state index contributed by atoms with van der Waals surface area (Å²) in [4.78, 5) is 24.7. The van der Waals surface area contributed by atoms with Crippen molar-refractivity contribution >= 4 is 40.2 Å². The zero-order chi connectivity index (χ0) is 13.1. The summed E-state index contributed by atoms with van der Waals surface area (Å²) in [5.74, 6) is -0.205. The second kappa shape index (κ2) is 5.55. The van der Waals surface area contributed by atoms with Gasteiger partial charge in [-0.1, -0.05) is 0 Å². The number of nitrogens with one attached hydrogen (secondary N) is 2. The zero-order valence-corrected chi connectivity index (χ0v) is 12.1. The fraction of sp³-hybridized carbons (Fsp3) is 0.333. The Bertz CT molecular complexity index is 461. The molecule has 1 aliphatic rings. The normalized spacial score (nSPS) is 16.3. The van der Waals surface area contributed by atoms with E-state index in [9.17, 15) is 9.59 Å². The molecule has 1 fully saturated rings. The summed E-state index contributed by atoms with van der Waals surface area (Å²) < 4.78 is 1.14. The average molecular weight is 359 g/mol. The van der Waals surface area contributed by atoms with Crippen molar-refractivity contribution < 1.29 is 9.59 Å². The number of hydrogen-bond donors (Lipinski definition) is 2. The molecular formula is C12H14IN3O2. The Morgan fingerprint density at radius 1 is 1.44 bits per heavy atom. The van der Waals surface area contributed by atoms with Gasteiger partial charge in [-0.2, -0.15) is 0 Å². The highest BCUT2D eigenvalue weighted by Gasteiger charge is 2.29. The first-order valence-electron chi connectivity index (χ1n) is 5.69. The molecule has 2 rings (SSSR count). The van der Waals surface area contributed by atoms with E-state index in [1.807, 2.05) is 24.3 Å². The van der Waals surface area contributed by atoms with Crippen molar-refractivity contribution in [2.24, 2.45) is 0 Å². The Morgan fingerprint density at radius 2 is 2.11 bits per heavy atom. The van der Waals surface area contributed by atoms with Crippen LogP contribution in [0.2, 0.25) is 0 Å². The van der Waals surface area contributed by atoms with Crippen LogP contribution in [0.25, 0.3) is 0 Å². The second-order valence-electron chi connectivity index (χ2n) is 4.09. The summed E-state index contributed by atoms with van der Waals surface area (Å²) in [7, 11) is 0. The number of anilines is 1. The third-order valence-corrected chi connectivity index (χ3v) is 3.44. The Hall–Kier alpha value is -1.31. The molecule has 96 valence electrons. The van der Waals surface area contributed by atoms with Gasteiger partial charge in [-0.25, -0.2) is 4.79 Å². The molecule has 2 N–H and O–H groups in total. The molecular weight excluding hydrogens is 345 g/mol. The van der Waals surface area contributed by atoms with E-state index in [1.54, 1.807) is 6.92 Å². The lowest BCUT2D eigenvalue weighted by Gasteiger charge is -2.19. The van der Waals surface area contributed by atoms with Crippen LogP contribution in [0.5, 0.6) is 0 Å². The first-order valence-corrected chi connectivity index (χ1v) is 6.77. The highest BCUT2D eigenvalue weighted by molar-refractivity contribution is 14.1. The topological polar surface area (TPSA) is 61.4 Å². The van der Waals surface area contributed by atoms with E-state index in [4.69, 9.17) is 0 Å². The number of nitrogens with zero attached hydrogens (tertiary/aromatic N) is 1. The molecule has 0 aliphatic carbocycles. The largest absolute Gasteiger partial charge is 0.374 e. The predicted octanol–water partition coefficient (Wildman–Crippen LogP) is 1.64. The van der Waals surface area contributed by atoms with Gasteiger partial charge in [-0.3, -0.25) is 9.69 Å². The third-order valence-electron chi connectivity index (χ3n) is 2.72. The number of imide groups is 1. The molecule has 0 saturated carbocycles. The van der Waals surface area contributed by atoms with Crippen LogP contribution in [0.15, 0.2) is 24.3 Å². The molecule has 5 nitrogen and oxygen atoms in total. The van der Waals surface area contributed by atoms with Crippen molar-refractivity contribution in [3.05, 3.63) is 27.8 Å². The minimum atomic E-state index is -0.422. The highest BCUT2D eigenvalue weighted by Crippen LogP contribution is 2.13. The van der Waals surface area contributed by atoms with Crippen LogP contribution in [-0.2, 0) is 4.79 Å². The van der Waals surface area contributed by atoms with Gasteiger partial charge in [0, 0.05) is 22.3 Å². The second-order valence-corrected chi connectivity index (χ2v) is 5.34. The first-order chi connectivity index (χ1) is 8.58. The fourth-order valence-electron chi connectivity index (χ4n) is 1.77. The first kappa shape index (κ1) is 13.1. The summed E-state index contributed by atoms with van der Waals surface area (Å²) in [6.45, 7) is 2.73. The maximum atomic E-state index is 12.0. The SMILES string of the molecule is C[C@H](Nc1ccc(I)cc1)C(=O)N1CCNC1=O.